The van der Waals surface area contributed by atoms with Crippen LogP contribution in [-0.2, 0) is 11.3 Å². The number of hydrogen-bond donors (Lipinski definition) is 1. The van der Waals surface area contributed by atoms with Crippen LogP contribution in [-0.4, -0.2) is 48.8 Å². The molecule has 0 amide bonds. The van der Waals surface area contributed by atoms with E-state index in [1.54, 1.807) is 18.2 Å². The molecule has 0 saturated carbocycles. The molecule has 1 fully saturated rings. The van der Waals surface area contributed by atoms with E-state index in [9.17, 15) is 14.3 Å². The van der Waals surface area contributed by atoms with E-state index >= 15 is 0 Å². The summed E-state index contributed by atoms with van der Waals surface area (Å²) in [5, 5.41) is 19.1. The van der Waals surface area contributed by atoms with E-state index in [1.165, 1.54) is 18.2 Å². The number of piperazine rings is 1. The van der Waals surface area contributed by atoms with Gasteiger partial charge in [-0.15, -0.1) is 0 Å². The molecular weight excluding hydrogens is 373 g/mol. The summed E-state index contributed by atoms with van der Waals surface area (Å²) >= 11 is 0. The van der Waals surface area contributed by atoms with Crippen molar-refractivity contribution < 1.29 is 19.0 Å². The van der Waals surface area contributed by atoms with Gasteiger partial charge in [0.15, 0.2) is 0 Å². The first kappa shape index (κ1) is 20.6. The van der Waals surface area contributed by atoms with E-state index < -0.39 is 11.8 Å². The third-order valence-electron chi connectivity index (χ3n) is 4.91. The van der Waals surface area contributed by atoms with Crippen molar-refractivity contribution in [1.82, 2.24) is 4.90 Å². The van der Waals surface area contributed by atoms with Crippen LogP contribution in [0.3, 0.4) is 0 Å². The van der Waals surface area contributed by atoms with E-state index in [4.69, 9.17) is 10.00 Å². The molecule has 0 radical (unpaired) electrons. The molecule has 0 atom stereocenters. The summed E-state index contributed by atoms with van der Waals surface area (Å²) in [6.45, 7) is 5.66. The largest absolute Gasteiger partial charge is 0.506 e. The minimum absolute atomic E-state index is 0.0386. The molecule has 3 rings (SSSR count). The first-order valence-electron chi connectivity index (χ1n) is 9.67. The summed E-state index contributed by atoms with van der Waals surface area (Å²) in [5.74, 6) is -1.10. The zero-order valence-electron chi connectivity index (χ0n) is 16.4. The zero-order chi connectivity index (χ0) is 20.8. The Balaban J connectivity index is 1.57. The molecule has 29 heavy (non-hydrogen) atoms. The topological polar surface area (TPSA) is 76.8 Å². The Kier molecular flexibility index (Phi) is 6.68. The molecule has 0 unspecified atom stereocenters. The Labute approximate surface area is 169 Å². The highest BCUT2D eigenvalue weighted by atomic mass is 19.1. The number of benzene rings is 2. The number of nitriles is 1. The van der Waals surface area contributed by atoms with Gasteiger partial charge in [0.2, 0.25) is 0 Å². The molecule has 6 nitrogen and oxygen atoms in total. The Bertz CT molecular complexity index is 918. The number of carbonyl (C=O) groups excluding carboxylic acids is 1. The van der Waals surface area contributed by atoms with Gasteiger partial charge in [-0.05, 0) is 42.3 Å². The molecule has 0 aliphatic carbocycles. The molecule has 7 heteroatoms. The lowest BCUT2D eigenvalue weighted by molar-refractivity contribution is 0.0499. The second kappa shape index (κ2) is 9.39. The molecule has 2 aromatic rings. The third-order valence-corrected chi connectivity index (χ3v) is 4.91. The molecule has 1 aliphatic heterocycles. The number of hydrogen-bond acceptors (Lipinski definition) is 6. The van der Waals surface area contributed by atoms with Crippen LogP contribution in [0.15, 0.2) is 36.4 Å². The summed E-state index contributed by atoms with van der Waals surface area (Å²) in [5.41, 5.74) is 1.89. The summed E-state index contributed by atoms with van der Waals surface area (Å²) in [6.07, 6.45) is 0.692. The fourth-order valence-electron chi connectivity index (χ4n) is 3.36. The fraction of sp³-hybridized carbons (Fsp3) is 0.364. The second-order valence-electron chi connectivity index (χ2n) is 7.03. The van der Waals surface area contributed by atoms with Crippen molar-refractivity contribution in [2.24, 2.45) is 0 Å². The van der Waals surface area contributed by atoms with E-state index in [0.29, 0.717) is 37.3 Å². The number of phenols is 1. The van der Waals surface area contributed by atoms with Crippen LogP contribution in [0.25, 0.3) is 0 Å². The average molecular weight is 397 g/mol. The molecular formula is C22H24FN3O3. The highest BCUT2D eigenvalue weighted by Crippen LogP contribution is 2.29. The Morgan fingerprint density at radius 2 is 1.97 bits per heavy atom. The van der Waals surface area contributed by atoms with Crippen LogP contribution in [0, 0.1) is 17.1 Å². The molecule has 1 saturated heterocycles. The standard InChI is InChI=1S/C22H24FN3O3/c1-2-11-29-22(28)18-5-3-17(12-19(18)23)15-25-7-9-26(10-8-25)20-6-4-16(14-24)13-21(20)27/h3-6,12-13,27H,2,7-11,15H2,1H3. The van der Waals surface area contributed by atoms with Crippen molar-refractivity contribution in [3.05, 3.63) is 58.9 Å². The number of halogens is 1. The Morgan fingerprint density at radius 3 is 2.59 bits per heavy atom. The van der Waals surface area contributed by atoms with Crippen molar-refractivity contribution in [1.29, 1.82) is 5.26 Å². The van der Waals surface area contributed by atoms with Crippen molar-refractivity contribution >= 4 is 11.7 Å². The molecule has 0 spiro atoms. The number of anilines is 1. The number of carbonyl (C=O) groups is 1. The van der Waals surface area contributed by atoms with Crippen molar-refractivity contribution in [3.8, 4) is 11.8 Å². The molecule has 1 N–H and O–H groups in total. The lowest BCUT2D eigenvalue weighted by Gasteiger charge is -2.36. The van der Waals surface area contributed by atoms with Gasteiger partial charge in [0.25, 0.3) is 0 Å². The monoisotopic (exact) mass is 397 g/mol. The number of phenolic OH excluding ortho intramolecular Hbond substituents is 1. The Morgan fingerprint density at radius 1 is 1.21 bits per heavy atom. The SMILES string of the molecule is CCCOC(=O)c1ccc(CN2CCN(c3ccc(C#N)cc3O)CC2)cc1F. The molecule has 152 valence electrons. The minimum Gasteiger partial charge on any atom is -0.506 e. The minimum atomic E-state index is -0.633. The van der Waals surface area contributed by atoms with Gasteiger partial charge in [0.05, 0.1) is 29.5 Å². The highest BCUT2D eigenvalue weighted by molar-refractivity contribution is 5.89. The molecule has 0 aromatic heterocycles. The average Bonchev–Trinajstić information content (AvgIpc) is 2.72. The smallest absolute Gasteiger partial charge is 0.341 e. The predicted molar refractivity (Wildman–Crippen MR) is 107 cm³/mol. The van der Waals surface area contributed by atoms with Crippen molar-refractivity contribution in [2.45, 2.75) is 19.9 Å². The summed E-state index contributed by atoms with van der Waals surface area (Å²) < 4.78 is 19.3. The van der Waals surface area contributed by atoms with Gasteiger partial charge < -0.3 is 14.7 Å². The number of ether oxygens (including phenoxy) is 1. The van der Waals surface area contributed by atoms with Gasteiger partial charge in [-0.3, -0.25) is 4.90 Å². The van der Waals surface area contributed by atoms with Gasteiger partial charge in [-0.1, -0.05) is 13.0 Å². The predicted octanol–water partition coefficient (Wildman–Crippen LogP) is 3.29. The quantitative estimate of drug-likeness (QED) is 0.754. The van der Waals surface area contributed by atoms with Gasteiger partial charge in [0, 0.05) is 32.7 Å². The lowest BCUT2D eigenvalue weighted by atomic mass is 10.1. The number of aromatic hydroxyl groups is 1. The number of rotatable bonds is 6. The summed E-state index contributed by atoms with van der Waals surface area (Å²) in [6, 6.07) is 11.6. The maximum atomic E-state index is 14.3. The molecule has 2 aromatic carbocycles. The van der Waals surface area contributed by atoms with Crippen molar-refractivity contribution in [2.75, 3.05) is 37.7 Å². The zero-order valence-corrected chi connectivity index (χ0v) is 16.4. The van der Waals surface area contributed by atoms with Gasteiger partial charge in [0.1, 0.15) is 11.6 Å². The van der Waals surface area contributed by atoms with Crippen LogP contribution in [0.4, 0.5) is 10.1 Å². The van der Waals surface area contributed by atoms with Crippen LogP contribution in [0.2, 0.25) is 0 Å². The second-order valence-corrected chi connectivity index (χ2v) is 7.03. The number of nitrogens with zero attached hydrogens (tertiary/aromatic N) is 3. The normalized spacial score (nSPS) is 14.4. The maximum absolute atomic E-state index is 14.3. The lowest BCUT2D eigenvalue weighted by Crippen LogP contribution is -2.46. The summed E-state index contributed by atoms with van der Waals surface area (Å²) in [4.78, 5) is 16.1. The summed E-state index contributed by atoms with van der Waals surface area (Å²) in [7, 11) is 0. The Hall–Kier alpha value is -3.11. The molecule has 0 bridgehead atoms. The van der Waals surface area contributed by atoms with Crippen LogP contribution >= 0.6 is 0 Å². The first-order valence-corrected chi connectivity index (χ1v) is 9.67. The van der Waals surface area contributed by atoms with Crippen molar-refractivity contribution in [3.63, 3.8) is 0 Å². The van der Waals surface area contributed by atoms with Gasteiger partial charge in [-0.25, -0.2) is 9.18 Å². The van der Waals surface area contributed by atoms with Crippen LogP contribution < -0.4 is 4.90 Å². The molecule has 1 aliphatic rings. The fourth-order valence-corrected chi connectivity index (χ4v) is 3.36. The maximum Gasteiger partial charge on any atom is 0.341 e. The molecule has 1 heterocycles. The van der Waals surface area contributed by atoms with Crippen LogP contribution in [0.1, 0.15) is 34.8 Å². The van der Waals surface area contributed by atoms with Gasteiger partial charge in [-0.2, -0.15) is 5.26 Å². The van der Waals surface area contributed by atoms with E-state index in [-0.39, 0.29) is 17.9 Å². The van der Waals surface area contributed by atoms with E-state index in [2.05, 4.69) is 9.80 Å². The number of esters is 1. The highest BCUT2D eigenvalue weighted by Gasteiger charge is 2.20. The van der Waals surface area contributed by atoms with E-state index in [1.807, 2.05) is 13.0 Å². The first-order chi connectivity index (χ1) is 14.0. The third kappa shape index (κ3) is 5.04. The van der Waals surface area contributed by atoms with E-state index in [0.717, 1.165) is 18.7 Å². The van der Waals surface area contributed by atoms with Crippen LogP contribution in [0.5, 0.6) is 5.75 Å². The van der Waals surface area contributed by atoms with Gasteiger partial charge >= 0.3 is 5.97 Å².